The van der Waals surface area contributed by atoms with Gasteiger partial charge in [0.25, 0.3) is 0 Å². The summed E-state index contributed by atoms with van der Waals surface area (Å²) in [4.78, 5) is 0. The van der Waals surface area contributed by atoms with Gasteiger partial charge in [0.2, 0.25) is 0 Å². The standard InChI is InChI=1S/C12H16O2.C12H18O/c1-12(13)7-8-14-11(9-12)10-5-3-2-4-6-10;1-11(9-10-13)7-8-12-5-3-2-4-6-12/h2-6,11,13H,7-9H2,1H3;2-6,11,13H,7-10H2,1H3. The first-order valence-electron chi connectivity index (χ1n) is 10.0. The van der Waals surface area contributed by atoms with Gasteiger partial charge in [-0.2, -0.15) is 0 Å². The normalized spacial score (nSPS) is 23.2. The summed E-state index contributed by atoms with van der Waals surface area (Å²) in [5, 5.41) is 18.7. The quantitative estimate of drug-likeness (QED) is 0.758. The van der Waals surface area contributed by atoms with Gasteiger partial charge in [0.05, 0.1) is 18.3 Å². The first-order valence-corrected chi connectivity index (χ1v) is 10.0. The summed E-state index contributed by atoms with van der Waals surface area (Å²) in [6.45, 7) is 5.03. The molecule has 1 aliphatic heterocycles. The largest absolute Gasteiger partial charge is 0.396 e. The van der Waals surface area contributed by atoms with Crippen molar-refractivity contribution in [3.05, 3.63) is 71.8 Å². The first-order chi connectivity index (χ1) is 13.0. The van der Waals surface area contributed by atoms with E-state index in [2.05, 4.69) is 31.2 Å². The second kappa shape index (κ2) is 11.2. The third-order valence-electron chi connectivity index (χ3n) is 5.15. The Morgan fingerprint density at radius 3 is 2.26 bits per heavy atom. The molecule has 2 aromatic rings. The molecule has 1 aliphatic rings. The van der Waals surface area contributed by atoms with Gasteiger partial charge in [-0.15, -0.1) is 0 Å². The van der Waals surface area contributed by atoms with E-state index in [0.717, 1.165) is 24.8 Å². The molecule has 1 fully saturated rings. The van der Waals surface area contributed by atoms with E-state index in [1.165, 1.54) is 12.0 Å². The van der Waals surface area contributed by atoms with Crippen molar-refractivity contribution in [1.82, 2.24) is 0 Å². The molecular formula is C24H34O3. The Balaban J connectivity index is 0.000000194. The van der Waals surface area contributed by atoms with E-state index in [9.17, 15) is 5.11 Å². The highest BCUT2D eigenvalue weighted by atomic mass is 16.5. The lowest BCUT2D eigenvalue weighted by Crippen LogP contribution is -2.34. The van der Waals surface area contributed by atoms with Crippen molar-refractivity contribution in [2.24, 2.45) is 5.92 Å². The van der Waals surface area contributed by atoms with Crippen LogP contribution in [-0.2, 0) is 11.2 Å². The van der Waals surface area contributed by atoms with Crippen LogP contribution in [0.4, 0.5) is 0 Å². The Morgan fingerprint density at radius 2 is 1.67 bits per heavy atom. The van der Waals surface area contributed by atoms with Crippen LogP contribution in [0.2, 0.25) is 0 Å². The Bertz CT molecular complexity index is 625. The van der Waals surface area contributed by atoms with Gasteiger partial charge in [0, 0.05) is 13.0 Å². The molecule has 0 bridgehead atoms. The molecule has 3 heteroatoms. The molecule has 3 atom stereocenters. The van der Waals surface area contributed by atoms with Crippen LogP contribution in [0, 0.1) is 5.92 Å². The molecule has 2 N–H and O–H groups in total. The van der Waals surface area contributed by atoms with Gasteiger partial charge in [-0.05, 0) is 49.7 Å². The van der Waals surface area contributed by atoms with Crippen LogP contribution in [0.5, 0.6) is 0 Å². The van der Waals surface area contributed by atoms with Gasteiger partial charge < -0.3 is 14.9 Å². The van der Waals surface area contributed by atoms with Crippen LogP contribution in [-0.4, -0.2) is 29.0 Å². The molecule has 3 unspecified atom stereocenters. The summed E-state index contributed by atoms with van der Waals surface area (Å²) in [5.41, 5.74) is 1.98. The Labute approximate surface area is 164 Å². The zero-order chi connectivity index (χ0) is 19.5. The predicted octanol–water partition coefficient (Wildman–Crippen LogP) is 4.93. The number of ether oxygens (including phenoxy) is 1. The van der Waals surface area contributed by atoms with E-state index < -0.39 is 5.60 Å². The topological polar surface area (TPSA) is 49.7 Å². The lowest BCUT2D eigenvalue weighted by molar-refractivity contribution is -0.0952. The van der Waals surface area contributed by atoms with Crippen molar-refractivity contribution < 1.29 is 14.9 Å². The lowest BCUT2D eigenvalue weighted by atomic mass is 9.89. The van der Waals surface area contributed by atoms with E-state index >= 15 is 0 Å². The maximum atomic E-state index is 9.93. The van der Waals surface area contributed by atoms with Crippen molar-refractivity contribution >= 4 is 0 Å². The minimum Gasteiger partial charge on any atom is -0.396 e. The highest BCUT2D eigenvalue weighted by molar-refractivity contribution is 5.18. The van der Waals surface area contributed by atoms with Crippen molar-refractivity contribution in [1.29, 1.82) is 0 Å². The number of aliphatic hydroxyl groups excluding tert-OH is 1. The van der Waals surface area contributed by atoms with E-state index in [-0.39, 0.29) is 6.10 Å². The van der Waals surface area contributed by atoms with Crippen LogP contribution in [0.25, 0.3) is 0 Å². The van der Waals surface area contributed by atoms with Crippen molar-refractivity contribution in [3.8, 4) is 0 Å². The first kappa shape index (κ1) is 21.6. The fourth-order valence-electron chi connectivity index (χ4n) is 3.29. The molecule has 1 saturated heterocycles. The zero-order valence-corrected chi connectivity index (χ0v) is 16.7. The summed E-state index contributed by atoms with van der Waals surface area (Å²) in [5.74, 6) is 0.630. The minimum atomic E-state index is -0.571. The third kappa shape index (κ3) is 8.25. The molecule has 3 nitrogen and oxygen atoms in total. The van der Waals surface area contributed by atoms with E-state index in [1.807, 2.05) is 43.3 Å². The molecule has 1 heterocycles. The summed E-state index contributed by atoms with van der Waals surface area (Å²) in [6, 6.07) is 20.6. The van der Waals surface area contributed by atoms with Crippen LogP contribution in [0.1, 0.15) is 56.8 Å². The molecule has 0 radical (unpaired) electrons. The molecule has 0 spiro atoms. The zero-order valence-electron chi connectivity index (χ0n) is 16.7. The molecule has 0 amide bonds. The van der Waals surface area contributed by atoms with Gasteiger partial charge in [0.15, 0.2) is 0 Å². The predicted molar refractivity (Wildman–Crippen MR) is 111 cm³/mol. The number of hydrogen-bond donors (Lipinski definition) is 2. The second-order valence-electron chi connectivity index (χ2n) is 7.86. The van der Waals surface area contributed by atoms with Gasteiger partial charge >= 0.3 is 0 Å². The van der Waals surface area contributed by atoms with Crippen molar-refractivity contribution in [2.75, 3.05) is 13.2 Å². The van der Waals surface area contributed by atoms with Gasteiger partial charge in [-0.3, -0.25) is 0 Å². The Kier molecular flexibility index (Phi) is 8.99. The number of benzene rings is 2. The smallest absolute Gasteiger partial charge is 0.0852 e. The van der Waals surface area contributed by atoms with Crippen LogP contribution in [0.3, 0.4) is 0 Å². The Morgan fingerprint density at radius 1 is 1.04 bits per heavy atom. The fourth-order valence-corrected chi connectivity index (χ4v) is 3.29. The average Bonchev–Trinajstić information content (AvgIpc) is 2.68. The molecule has 2 aromatic carbocycles. The summed E-state index contributed by atoms with van der Waals surface area (Å²) >= 11 is 0. The summed E-state index contributed by atoms with van der Waals surface area (Å²) < 4.78 is 5.64. The molecule has 27 heavy (non-hydrogen) atoms. The van der Waals surface area contributed by atoms with Crippen molar-refractivity contribution in [2.45, 2.75) is 57.7 Å². The third-order valence-corrected chi connectivity index (χ3v) is 5.15. The molecule has 148 valence electrons. The summed E-state index contributed by atoms with van der Waals surface area (Å²) in [7, 11) is 0. The van der Waals surface area contributed by atoms with E-state index in [4.69, 9.17) is 9.84 Å². The van der Waals surface area contributed by atoms with Crippen LogP contribution < -0.4 is 0 Å². The van der Waals surface area contributed by atoms with Crippen LogP contribution >= 0.6 is 0 Å². The molecular weight excluding hydrogens is 336 g/mol. The highest BCUT2D eigenvalue weighted by Gasteiger charge is 2.31. The highest BCUT2D eigenvalue weighted by Crippen LogP contribution is 2.33. The minimum absolute atomic E-state index is 0.0555. The van der Waals surface area contributed by atoms with Gasteiger partial charge in [-0.1, -0.05) is 67.6 Å². The monoisotopic (exact) mass is 370 g/mol. The summed E-state index contributed by atoms with van der Waals surface area (Å²) in [6.07, 6.45) is 4.70. The molecule has 0 aliphatic carbocycles. The number of aryl methyl sites for hydroxylation is 1. The number of rotatable bonds is 6. The molecule has 0 saturated carbocycles. The maximum absolute atomic E-state index is 9.93. The maximum Gasteiger partial charge on any atom is 0.0852 e. The lowest BCUT2D eigenvalue weighted by Gasteiger charge is -2.34. The Hall–Kier alpha value is -1.68. The SMILES string of the molecule is CC(CCO)CCc1ccccc1.CC1(O)CCOC(c2ccccc2)C1. The molecule has 0 aromatic heterocycles. The van der Waals surface area contributed by atoms with Crippen molar-refractivity contribution in [3.63, 3.8) is 0 Å². The van der Waals surface area contributed by atoms with Crippen LogP contribution in [0.15, 0.2) is 60.7 Å². The fraction of sp³-hybridized carbons (Fsp3) is 0.500. The van der Waals surface area contributed by atoms with E-state index in [0.29, 0.717) is 25.6 Å². The average molecular weight is 371 g/mol. The molecule has 3 rings (SSSR count). The van der Waals surface area contributed by atoms with Gasteiger partial charge in [0.1, 0.15) is 0 Å². The number of aliphatic hydroxyl groups is 2. The number of hydrogen-bond acceptors (Lipinski definition) is 3. The van der Waals surface area contributed by atoms with E-state index in [1.54, 1.807) is 0 Å². The van der Waals surface area contributed by atoms with Gasteiger partial charge in [-0.25, -0.2) is 0 Å². The second-order valence-corrected chi connectivity index (χ2v) is 7.86.